The first-order chi connectivity index (χ1) is 7.36. The van der Waals surface area contributed by atoms with Gasteiger partial charge in [-0.25, -0.2) is 0 Å². The number of hydrogen-bond acceptors (Lipinski definition) is 3. The van der Waals surface area contributed by atoms with E-state index in [1.165, 1.54) is 38.9 Å². The molecule has 0 spiro atoms. The summed E-state index contributed by atoms with van der Waals surface area (Å²) in [5.41, 5.74) is 0. The molecule has 0 radical (unpaired) electrons. The van der Waals surface area contributed by atoms with Crippen LogP contribution >= 0.6 is 0 Å². The summed E-state index contributed by atoms with van der Waals surface area (Å²) in [5.74, 6) is 0.874. The zero-order valence-corrected chi connectivity index (χ0v) is 9.87. The van der Waals surface area contributed by atoms with Gasteiger partial charge in [-0.2, -0.15) is 0 Å². The van der Waals surface area contributed by atoms with E-state index in [4.69, 9.17) is 4.74 Å². The maximum Gasteiger partial charge on any atom is 0.0469 e. The molecule has 0 aromatic carbocycles. The van der Waals surface area contributed by atoms with Gasteiger partial charge in [0.2, 0.25) is 0 Å². The van der Waals surface area contributed by atoms with Crippen molar-refractivity contribution in [3.63, 3.8) is 0 Å². The van der Waals surface area contributed by atoms with Crippen molar-refractivity contribution in [2.24, 2.45) is 5.92 Å². The summed E-state index contributed by atoms with van der Waals surface area (Å²) in [4.78, 5) is 2.66. The van der Waals surface area contributed by atoms with Gasteiger partial charge < -0.3 is 10.1 Å². The zero-order valence-electron chi connectivity index (χ0n) is 9.87. The average Bonchev–Trinajstić information content (AvgIpc) is 2.46. The molecule has 0 amide bonds. The molecular formula is C12H24N2O. The molecule has 88 valence electrons. The molecule has 0 aliphatic carbocycles. The summed E-state index contributed by atoms with van der Waals surface area (Å²) < 4.78 is 5.41. The lowest BCUT2D eigenvalue weighted by atomic mass is 9.99. The fraction of sp³-hybridized carbons (Fsp3) is 1.00. The predicted molar refractivity (Wildman–Crippen MR) is 62.1 cm³/mol. The Morgan fingerprint density at radius 1 is 1.20 bits per heavy atom. The van der Waals surface area contributed by atoms with Crippen LogP contribution in [0.4, 0.5) is 0 Å². The first-order valence-electron chi connectivity index (χ1n) is 6.39. The van der Waals surface area contributed by atoms with Gasteiger partial charge in [0.1, 0.15) is 0 Å². The maximum atomic E-state index is 5.41. The lowest BCUT2D eigenvalue weighted by Crippen LogP contribution is -2.39. The molecule has 0 aromatic heterocycles. The Bertz CT molecular complexity index is 180. The highest BCUT2D eigenvalue weighted by atomic mass is 16.5. The highest BCUT2D eigenvalue weighted by Gasteiger charge is 2.21. The molecule has 2 fully saturated rings. The minimum atomic E-state index is 0.753. The molecule has 3 heteroatoms. The highest BCUT2D eigenvalue weighted by Crippen LogP contribution is 2.18. The largest absolute Gasteiger partial charge is 0.381 e. The SMILES string of the molecule is CC1CCNCCN1CC1CCOCC1. The molecule has 0 aromatic rings. The van der Waals surface area contributed by atoms with Crippen molar-refractivity contribution in [1.29, 1.82) is 0 Å². The van der Waals surface area contributed by atoms with E-state index >= 15 is 0 Å². The second-order valence-electron chi connectivity index (χ2n) is 4.94. The number of nitrogens with zero attached hydrogens (tertiary/aromatic N) is 1. The van der Waals surface area contributed by atoms with Gasteiger partial charge >= 0.3 is 0 Å². The summed E-state index contributed by atoms with van der Waals surface area (Å²) >= 11 is 0. The fourth-order valence-electron chi connectivity index (χ4n) is 2.59. The third-order valence-corrected chi connectivity index (χ3v) is 3.77. The monoisotopic (exact) mass is 212 g/mol. The van der Waals surface area contributed by atoms with Gasteiger partial charge in [0.05, 0.1) is 0 Å². The van der Waals surface area contributed by atoms with E-state index in [-0.39, 0.29) is 0 Å². The van der Waals surface area contributed by atoms with E-state index < -0.39 is 0 Å². The Balaban J connectivity index is 1.79. The average molecular weight is 212 g/mol. The second-order valence-corrected chi connectivity index (χ2v) is 4.94. The van der Waals surface area contributed by atoms with E-state index in [0.717, 1.165) is 31.7 Å². The summed E-state index contributed by atoms with van der Waals surface area (Å²) in [6.07, 6.45) is 3.82. The smallest absolute Gasteiger partial charge is 0.0469 e. The summed E-state index contributed by atoms with van der Waals surface area (Å²) in [5, 5.41) is 3.48. The van der Waals surface area contributed by atoms with Crippen LogP contribution in [0.2, 0.25) is 0 Å². The first-order valence-corrected chi connectivity index (χ1v) is 6.39. The molecule has 0 bridgehead atoms. The van der Waals surface area contributed by atoms with Crippen LogP contribution in [0.3, 0.4) is 0 Å². The topological polar surface area (TPSA) is 24.5 Å². The molecule has 1 unspecified atom stereocenters. The molecule has 1 N–H and O–H groups in total. The highest BCUT2D eigenvalue weighted by molar-refractivity contribution is 4.77. The Labute approximate surface area is 93.2 Å². The van der Waals surface area contributed by atoms with Crippen molar-refractivity contribution in [2.75, 3.05) is 39.4 Å². The molecule has 2 rings (SSSR count). The Hall–Kier alpha value is -0.120. The first kappa shape index (κ1) is 11.4. The molecule has 0 saturated carbocycles. The van der Waals surface area contributed by atoms with Crippen LogP contribution in [0.5, 0.6) is 0 Å². The van der Waals surface area contributed by atoms with Crippen molar-refractivity contribution >= 4 is 0 Å². The third kappa shape index (κ3) is 3.44. The van der Waals surface area contributed by atoms with Crippen molar-refractivity contribution in [3.8, 4) is 0 Å². The Morgan fingerprint density at radius 3 is 2.80 bits per heavy atom. The molecule has 3 nitrogen and oxygen atoms in total. The second kappa shape index (κ2) is 5.83. The van der Waals surface area contributed by atoms with Crippen LogP contribution in [0.25, 0.3) is 0 Å². The minimum Gasteiger partial charge on any atom is -0.381 e. The summed E-state index contributed by atoms with van der Waals surface area (Å²) in [7, 11) is 0. The van der Waals surface area contributed by atoms with Gasteiger partial charge in [0, 0.05) is 38.9 Å². The van der Waals surface area contributed by atoms with Gasteiger partial charge in [-0.3, -0.25) is 4.90 Å². The Morgan fingerprint density at radius 2 is 2.00 bits per heavy atom. The lowest BCUT2D eigenvalue weighted by molar-refractivity contribution is 0.0477. The van der Waals surface area contributed by atoms with Gasteiger partial charge in [-0.1, -0.05) is 0 Å². The normalized spacial score (nSPS) is 31.4. The van der Waals surface area contributed by atoms with E-state index in [1.54, 1.807) is 0 Å². The van der Waals surface area contributed by atoms with Crippen molar-refractivity contribution in [2.45, 2.75) is 32.2 Å². The number of nitrogens with one attached hydrogen (secondary N) is 1. The van der Waals surface area contributed by atoms with Crippen LogP contribution in [0.15, 0.2) is 0 Å². The minimum absolute atomic E-state index is 0.753. The standard InChI is InChI=1S/C12H24N2O/c1-11-2-5-13-6-7-14(11)10-12-3-8-15-9-4-12/h11-13H,2-10H2,1H3. The Kier molecular flexibility index (Phi) is 4.42. The van der Waals surface area contributed by atoms with Crippen LogP contribution < -0.4 is 5.32 Å². The van der Waals surface area contributed by atoms with E-state index in [1.807, 2.05) is 0 Å². The van der Waals surface area contributed by atoms with Crippen LogP contribution in [-0.4, -0.2) is 50.3 Å². The van der Waals surface area contributed by atoms with Gasteiger partial charge in [-0.15, -0.1) is 0 Å². The van der Waals surface area contributed by atoms with E-state index in [2.05, 4.69) is 17.1 Å². The quantitative estimate of drug-likeness (QED) is 0.742. The van der Waals surface area contributed by atoms with Crippen LogP contribution in [-0.2, 0) is 4.74 Å². The van der Waals surface area contributed by atoms with Crippen molar-refractivity contribution in [1.82, 2.24) is 10.2 Å². The van der Waals surface area contributed by atoms with Gasteiger partial charge in [0.25, 0.3) is 0 Å². The van der Waals surface area contributed by atoms with Crippen LogP contribution in [0.1, 0.15) is 26.2 Å². The summed E-state index contributed by atoms with van der Waals surface area (Å²) in [6.45, 7) is 9.17. The molecule has 2 aliphatic heterocycles. The third-order valence-electron chi connectivity index (χ3n) is 3.77. The molecule has 2 aliphatic rings. The predicted octanol–water partition coefficient (Wildman–Crippen LogP) is 1.10. The number of rotatable bonds is 2. The fourth-order valence-corrected chi connectivity index (χ4v) is 2.59. The van der Waals surface area contributed by atoms with Crippen molar-refractivity contribution < 1.29 is 4.74 Å². The maximum absolute atomic E-state index is 5.41. The van der Waals surface area contributed by atoms with E-state index in [9.17, 15) is 0 Å². The van der Waals surface area contributed by atoms with E-state index in [0.29, 0.717) is 0 Å². The molecule has 2 heterocycles. The van der Waals surface area contributed by atoms with Crippen molar-refractivity contribution in [3.05, 3.63) is 0 Å². The molecule has 2 saturated heterocycles. The molecular weight excluding hydrogens is 188 g/mol. The zero-order chi connectivity index (χ0) is 10.5. The number of hydrogen-bond donors (Lipinski definition) is 1. The lowest BCUT2D eigenvalue weighted by Gasteiger charge is -2.32. The number of ether oxygens (including phenoxy) is 1. The molecule has 1 atom stereocenters. The molecule has 15 heavy (non-hydrogen) atoms. The summed E-state index contributed by atoms with van der Waals surface area (Å²) in [6, 6.07) is 0.753. The van der Waals surface area contributed by atoms with Gasteiger partial charge in [0.15, 0.2) is 0 Å². The van der Waals surface area contributed by atoms with Crippen LogP contribution in [0, 0.1) is 5.92 Å². The van der Waals surface area contributed by atoms with Gasteiger partial charge in [-0.05, 0) is 38.6 Å².